The number of carbonyl (C=O) groups excluding carboxylic acids is 3. The lowest BCUT2D eigenvalue weighted by molar-refractivity contribution is -0.130. The second-order valence-electron chi connectivity index (χ2n) is 13.6. The van der Waals surface area contributed by atoms with Gasteiger partial charge in [-0.15, -0.1) is 0 Å². The topological polar surface area (TPSA) is 160 Å². The average Bonchev–Trinajstić information content (AvgIpc) is 3.71. The number of amides is 3. The van der Waals surface area contributed by atoms with Gasteiger partial charge >= 0.3 is 0 Å². The fraction of sp³-hybridized carbons (Fsp3) is 0.514. The quantitative estimate of drug-likeness (QED) is 0.0915. The van der Waals surface area contributed by atoms with Crippen molar-refractivity contribution in [1.82, 2.24) is 20.1 Å². The molecule has 0 bridgehead atoms. The summed E-state index contributed by atoms with van der Waals surface area (Å²) in [6.07, 6.45) is 11.3. The van der Waals surface area contributed by atoms with E-state index in [0.29, 0.717) is 44.0 Å². The molecule has 5 rings (SSSR count). The molecule has 1 aromatic heterocycles. The molecular weight excluding hydrogens is 623 g/mol. The number of hydrogen-bond acceptors (Lipinski definition) is 5. The first-order valence-electron chi connectivity index (χ1n) is 17.7. The van der Waals surface area contributed by atoms with Gasteiger partial charge in [-0.2, -0.15) is 0 Å². The molecule has 2 unspecified atom stereocenters. The van der Waals surface area contributed by atoms with E-state index in [0.717, 1.165) is 61.8 Å². The number of nitrogens with one attached hydrogen (secondary N) is 3. The average molecular weight is 675 g/mol. The molecule has 2 fully saturated rings. The number of anilines is 1. The van der Waals surface area contributed by atoms with E-state index in [9.17, 15) is 18.8 Å². The van der Waals surface area contributed by atoms with E-state index in [1.807, 2.05) is 18.2 Å². The Labute approximate surface area is 288 Å². The first-order chi connectivity index (χ1) is 23.6. The largest absolute Gasteiger partial charge is 0.370 e. The van der Waals surface area contributed by atoms with Crippen molar-refractivity contribution < 1.29 is 18.8 Å². The lowest BCUT2D eigenvalue weighted by Gasteiger charge is -2.28. The Morgan fingerprint density at radius 3 is 2.35 bits per heavy atom. The third kappa shape index (κ3) is 10.5. The van der Waals surface area contributed by atoms with Crippen LogP contribution in [0.3, 0.4) is 0 Å². The molecule has 12 heteroatoms. The molecule has 7 N–H and O–H groups in total. The van der Waals surface area contributed by atoms with Crippen molar-refractivity contribution in [3.05, 3.63) is 65.6 Å². The molecule has 2 aromatic carbocycles. The van der Waals surface area contributed by atoms with Crippen LogP contribution in [0.4, 0.5) is 10.1 Å². The van der Waals surface area contributed by atoms with Crippen molar-refractivity contribution in [1.29, 1.82) is 0 Å². The van der Waals surface area contributed by atoms with Gasteiger partial charge in [-0.25, -0.2) is 4.39 Å². The maximum Gasteiger partial charge on any atom is 0.246 e. The zero-order valence-corrected chi connectivity index (χ0v) is 28.6. The summed E-state index contributed by atoms with van der Waals surface area (Å²) in [5.74, 6) is -0.997. The molecule has 11 nitrogen and oxygen atoms in total. The van der Waals surface area contributed by atoms with Gasteiger partial charge < -0.3 is 32.0 Å². The molecule has 0 radical (unpaired) electrons. The lowest BCUT2D eigenvalue weighted by Crippen LogP contribution is -2.53. The van der Waals surface area contributed by atoms with Crippen LogP contribution in [0.25, 0.3) is 10.9 Å². The highest BCUT2D eigenvalue weighted by atomic mass is 19.1. The molecule has 3 aromatic rings. The third-order valence-electron chi connectivity index (χ3n) is 9.66. The van der Waals surface area contributed by atoms with Crippen LogP contribution in [-0.4, -0.2) is 64.9 Å². The molecule has 1 aliphatic heterocycles. The number of halogens is 1. The predicted octanol–water partition coefficient (Wildman–Crippen LogP) is 4.38. The fourth-order valence-electron chi connectivity index (χ4n) is 7.18. The first kappa shape index (κ1) is 35.8. The maximum atomic E-state index is 14.0. The Morgan fingerprint density at radius 2 is 1.65 bits per heavy atom. The van der Waals surface area contributed by atoms with Crippen LogP contribution in [0.2, 0.25) is 0 Å². The van der Waals surface area contributed by atoms with Crippen LogP contribution in [0.15, 0.2) is 53.7 Å². The normalized spacial score (nSPS) is 16.6. The van der Waals surface area contributed by atoms with Crippen molar-refractivity contribution in [2.45, 2.75) is 96.3 Å². The molecule has 2 heterocycles. The zero-order chi connectivity index (χ0) is 34.8. The number of benzene rings is 2. The summed E-state index contributed by atoms with van der Waals surface area (Å²) in [6, 6.07) is 10.9. The first-order valence-corrected chi connectivity index (χ1v) is 17.7. The van der Waals surface area contributed by atoms with Gasteiger partial charge in [-0.3, -0.25) is 24.3 Å². The van der Waals surface area contributed by atoms with E-state index in [1.165, 1.54) is 43.9 Å². The second kappa shape index (κ2) is 17.3. The maximum absolute atomic E-state index is 14.0. The summed E-state index contributed by atoms with van der Waals surface area (Å²) in [5.41, 5.74) is 14.7. The van der Waals surface area contributed by atoms with Crippen molar-refractivity contribution in [3.8, 4) is 0 Å². The monoisotopic (exact) mass is 674 g/mol. The molecule has 264 valence electrons. The van der Waals surface area contributed by atoms with Gasteiger partial charge in [0.15, 0.2) is 5.96 Å². The minimum Gasteiger partial charge on any atom is -0.370 e. The van der Waals surface area contributed by atoms with Crippen LogP contribution in [0.1, 0.15) is 82.3 Å². The molecule has 1 aliphatic carbocycles. The molecule has 1 saturated carbocycles. The predicted molar refractivity (Wildman–Crippen MR) is 191 cm³/mol. The van der Waals surface area contributed by atoms with E-state index in [4.69, 9.17) is 11.5 Å². The zero-order valence-electron chi connectivity index (χ0n) is 28.6. The summed E-state index contributed by atoms with van der Waals surface area (Å²) in [6.45, 7) is 5.20. The van der Waals surface area contributed by atoms with Crippen LogP contribution in [0.5, 0.6) is 0 Å². The van der Waals surface area contributed by atoms with E-state index in [1.54, 1.807) is 12.1 Å². The van der Waals surface area contributed by atoms with Gasteiger partial charge in [-0.1, -0.05) is 44.2 Å². The Bertz CT molecular complexity index is 1610. The van der Waals surface area contributed by atoms with Gasteiger partial charge in [0.1, 0.15) is 17.9 Å². The fourth-order valence-corrected chi connectivity index (χ4v) is 7.18. The Morgan fingerprint density at radius 1 is 0.918 bits per heavy atom. The Balaban J connectivity index is 1.36. The van der Waals surface area contributed by atoms with Crippen molar-refractivity contribution in [2.24, 2.45) is 22.4 Å². The minimum atomic E-state index is -0.821. The van der Waals surface area contributed by atoms with E-state index >= 15 is 0 Å². The van der Waals surface area contributed by atoms with Crippen molar-refractivity contribution in [3.63, 3.8) is 0 Å². The number of guanidine groups is 1. The number of rotatable bonds is 15. The van der Waals surface area contributed by atoms with Crippen LogP contribution in [-0.2, 0) is 27.5 Å². The number of aromatic nitrogens is 1. The highest BCUT2D eigenvalue weighted by molar-refractivity contribution is 6.00. The SMILES string of the molecule is CC(=O)NC(CCCN=C(N)N)C(=O)NC(CC1CCCCC1)C(=O)Nc1ccc2c(c1)c(CN1CCCC1)cn2Cc1ccc(F)cc1. The van der Waals surface area contributed by atoms with Gasteiger partial charge in [-0.05, 0) is 92.6 Å². The van der Waals surface area contributed by atoms with E-state index < -0.39 is 18.0 Å². The summed E-state index contributed by atoms with van der Waals surface area (Å²) in [4.78, 5) is 45.9. The third-order valence-corrected chi connectivity index (χ3v) is 9.66. The number of hydrogen-bond donors (Lipinski definition) is 5. The number of nitrogens with zero attached hydrogens (tertiary/aromatic N) is 3. The molecule has 2 atom stereocenters. The van der Waals surface area contributed by atoms with Crippen molar-refractivity contribution >= 4 is 40.3 Å². The molecule has 49 heavy (non-hydrogen) atoms. The number of aliphatic imine (C=N–C) groups is 1. The number of likely N-dealkylation sites (tertiary alicyclic amines) is 1. The summed E-state index contributed by atoms with van der Waals surface area (Å²) in [7, 11) is 0. The van der Waals surface area contributed by atoms with Gasteiger partial charge in [0, 0.05) is 49.3 Å². The van der Waals surface area contributed by atoms with Gasteiger partial charge in [0.25, 0.3) is 0 Å². The smallest absolute Gasteiger partial charge is 0.246 e. The molecular formula is C37H51FN8O3. The van der Waals surface area contributed by atoms with Crippen molar-refractivity contribution in [2.75, 3.05) is 25.0 Å². The van der Waals surface area contributed by atoms with Gasteiger partial charge in [0.2, 0.25) is 17.7 Å². The molecule has 2 aliphatic rings. The van der Waals surface area contributed by atoms with Gasteiger partial charge in [0.05, 0.1) is 0 Å². The Kier molecular flexibility index (Phi) is 12.6. The number of fused-ring (bicyclic) bond motifs is 1. The van der Waals surface area contributed by atoms with Crippen LogP contribution >= 0.6 is 0 Å². The molecule has 3 amide bonds. The highest BCUT2D eigenvalue weighted by Gasteiger charge is 2.29. The summed E-state index contributed by atoms with van der Waals surface area (Å²) in [5, 5.41) is 9.86. The molecule has 0 spiro atoms. The summed E-state index contributed by atoms with van der Waals surface area (Å²) < 4.78 is 15.8. The number of nitrogens with two attached hydrogens (primary N) is 2. The van der Waals surface area contributed by atoms with Crippen LogP contribution < -0.4 is 27.4 Å². The number of carbonyl (C=O) groups is 3. The van der Waals surface area contributed by atoms with E-state index in [-0.39, 0.29) is 23.6 Å². The molecule has 1 saturated heterocycles. The minimum absolute atomic E-state index is 0.0319. The van der Waals surface area contributed by atoms with Crippen LogP contribution in [0, 0.1) is 11.7 Å². The lowest BCUT2D eigenvalue weighted by atomic mass is 9.84. The standard InChI is InChI=1S/C37H51FN8O3/c1-25(47)42-32(10-7-17-41-37(39)40)35(48)44-33(20-26-8-3-2-4-9-26)36(49)43-30-15-16-34-31(21-30)28(23-45-18-5-6-19-45)24-46(34)22-27-11-13-29(38)14-12-27/h11-16,21,24,26,32-33H,2-10,17-20,22-23H2,1H3,(H,42,47)(H,43,49)(H,44,48)(H4,39,40,41). The summed E-state index contributed by atoms with van der Waals surface area (Å²) >= 11 is 0. The second-order valence-corrected chi connectivity index (χ2v) is 13.6. The Hall–Kier alpha value is -4.45. The highest BCUT2D eigenvalue weighted by Crippen LogP contribution is 2.30. The van der Waals surface area contributed by atoms with E-state index in [2.05, 4.69) is 36.6 Å².